The summed E-state index contributed by atoms with van der Waals surface area (Å²) < 4.78 is 2.09. The molecule has 1 heterocycles. The third-order valence-corrected chi connectivity index (χ3v) is 3.84. The minimum absolute atomic E-state index is 0.309. The van der Waals surface area contributed by atoms with Crippen LogP contribution in [0, 0.1) is 11.3 Å². The number of hydrogen-bond acceptors (Lipinski definition) is 2. The highest BCUT2D eigenvalue weighted by molar-refractivity contribution is 5.02. The lowest BCUT2D eigenvalue weighted by molar-refractivity contribution is 0.232. The zero-order valence-electron chi connectivity index (χ0n) is 12.8. The average molecular weight is 251 g/mol. The van der Waals surface area contributed by atoms with Crippen LogP contribution >= 0.6 is 0 Å². The molecular formula is C15H29N3. The molecule has 0 saturated heterocycles. The Bertz CT molecular complexity index is 349. The summed E-state index contributed by atoms with van der Waals surface area (Å²) in [6, 6.07) is 2.66. The van der Waals surface area contributed by atoms with Crippen LogP contribution in [0.4, 0.5) is 0 Å². The first-order chi connectivity index (χ1) is 8.38. The Morgan fingerprint density at radius 1 is 1.39 bits per heavy atom. The van der Waals surface area contributed by atoms with Crippen molar-refractivity contribution in [3.63, 3.8) is 0 Å². The van der Waals surface area contributed by atoms with Crippen molar-refractivity contribution in [1.29, 1.82) is 0 Å². The molecule has 0 radical (unpaired) electrons. The van der Waals surface area contributed by atoms with E-state index in [-0.39, 0.29) is 0 Å². The molecule has 1 N–H and O–H groups in total. The zero-order valence-corrected chi connectivity index (χ0v) is 12.8. The van der Waals surface area contributed by atoms with E-state index in [4.69, 9.17) is 5.10 Å². The Balaban J connectivity index is 2.72. The van der Waals surface area contributed by atoms with E-state index in [2.05, 4.69) is 56.9 Å². The summed E-state index contributed by atoms with van der Waals surface area (Å²) >= 11 is 0. The van der Waals surface area contributed by atoms with Crippen LogP contribution in [0.5, 0.6) is 0 Å². The second-order valence-corrected chi connectivity index (χ2v) is 6.37. The topological polar surface area (TPSA) is 29.9 Å². The maximum atomic E-state index is 4.71. The van der Waals surface area contributed by atoms with E-state index in [9.17, 15) is 0 Å². The molecule has 2 unspecified atom stereocenters. The lowest BCUT2D eigenvalue weighted by Gasteiger charge is -2.30. The van der Waals surface area contributed by atoms with E-state index in [1.807, 2.05) is 7.05 Å². The van der Waals surface area contributed by atoms with Gasteiger partial charge >= 0.3 is 0 Å². The van der Waals surface area contributed by atoms with E-state index >= 15 is 0 Å². The molecule has 0 aliphatic heterocycles. The van der Waals surface area contributed by atoms with Crippen molar-refractivity contribution in [1.82, 2.24) is 15.1 Å². The van der Waals surface area contributed by atoms with Crippen molar-refractivity contribution < 1.29 is 0 Å². The second kappa shape index (κ2) is 6.37. The Morgan fingerprint density at radius 3 is 2.56 bits per heavy atom. The lowest BCUT2D eigenvalue weighted by Crippen LogP contribution is -2.32. The van der Waals surface area contributed by atoms with Crippen LogP contribution in [0.25, 0.3) is 0 Å². The molecule has 104 valence electrons. The summed E-state index contributed by atoms with van der Waals surface area (Å²) in [7, 11) is 2.02. The third-order valence-electron chi connectivity index (χ3n) is 3.84. The fourth-order valence-corrected chi connectivity index (χ4v) is 2.10. The molecule has 0 aliphatic rings. The van der Waals surface area contributed by atoms with Crippen molar-refractivity contribution in [2.75, 3.05) is 13.6 Å². The van der Waals surface area contributed by atoms with Crippen LogP contribution in [0.3, 0.4) is 0 Å². The molecule has 0 bridgehead atoms. The Morgan fingerprint density at radius 2 is 2.06 bits per heavy atom. The minimum atomic E-state index is 0.309. The minimum Gasteiger partial charge on any atom is -0.319 e. The van der Waals surface area contributed by atoms with Gasteiger partial charge in [0.1, 0.15) is 0 Å². The van der Waals surface area contributed by atoms with Crippen LogP contribution in [-0.2, 0) is 6.42 Å². The van der Waals surface area contributed by atoms with Gasteiger partial charge in [-0.25, -0.2) is 0 Å². The summed E-state index contributed by atoms with van der Waals surface area (Å²) in [6.45, 7) is 12.4. The Labute approximate surface area is 112 Å². The van der Waals surface area contributed by atoms with Crippen molar-refractivity contribution in [2.45, 2.75) is 53.5 Å². The lowest BCUT2D eigenvalue weighted by atomic mass is 9.78. The molecule has 0 aromatic carbocycles. The van der Waals surface area contributed by atoms with Crippen molar-refractivity contribution in [3.8, 4) is 0 Å². The largest absolute Gasteiger partial charge is 0.319 e. The van der Waals surface area contributed by atoms with Gasteiger partial charge in [0.2, 0.25) is 0 Å². The van der Waals surface area contributed by atoms with Gasteiger partial charge in [-0.3, -0.25) is 4.68 Å². The van der Waals surface area contributed by atoms with Crippen molar-refractivity contribution >= 4 is 0 Å². The molecule has 3 nitrogen and oxygen atoms in total. The SMILES string of the molecule is CCC(C)n1ccc(CC(CNC)C(C)(C)C)n1. The molecule has 0 amide bonds. The van der Waals surface area contributed by atoms with Gasteiger partial charge in [0, 0.05) is 12.2 Å². The summed E-state index contributed by atoms with van der Waals surface area (Å²) in [4.78, 5) is 0. The summed E-state index contributed by atoms with van der Waals surface area (Å²) in [5, 5.41) is 8.01. The quantitative estimate of drug-likeness (QED) is 0.841. The predicted octanol–water partition coefficient (Wildman–Crippen LogP) is 3.28. The first-order valence-electron chi connectivity index (χ1n) is 7.07. The summed E-state index contributed by atoms with van der Waals surface area (Å²) in [6.07, 6.45) is 4.29. The number of hydrogen-bond donors (Lipinski definition) is 1. The van der Waals surface area contributed by atoms with Crippen LogP contribution in [0.1, 0.15) is 52.8 Å². The Kier molecular flexibility index (Phi) is 5.39. The van der Waals surface area contributed by atoms with Crippen LogP contribution in [0.15, 0.2) is 12.3 Å². The van der Waals surface area contributed by atoms with Gasteiger partial charge in [-0.05, 0) is 50.8 Å². The van der Waals surface area contributed by atoms with E-state index in [1.54, 1.807) is 0 Å². The van der Waals surface area contributed by atoms with Gasteiger partial charge in [-0.2, -0.15) is 5.10 Å². The highest BCUT2D eigenvalue weighted by Crippen LogP contribution is 2.28. The van der Waals surface area contributed by atoms with E-state index in [0.717, 1.165) is 19.4 Å². The van der Waals surface area contributed by atoms with E-state index in [1.165, 1.54) is 5.69 Å². The summed E-state index contributed by atoms with van der Waals surface area (Å²) in [5.74, 6) is 0.614. The van der Waals surface area contributed by atoms with E-state index < -0.39 is 0 Å². The predicted molar refractivity (Wildman–Crippen MR) is 77.8 cm³/mol. The average Bonchev–Trinajstić information content (AvgIpc) is 2.75. The Hall–Kier alpha value is -0.830. The maximum absolute atomic E-state index is 4.71. The van der Waals surface area contributed by atoms with Gasteiger partial charge in [0.05, 0.1) is 5.69 Å². The van der Waals surface area contributed by atoms with Crippen molar-refractivity contribution in [2.24, 2.45) is 11.3 Å². The molecule has 0 spiro atoms. The number of aromatic nitrogens is 2. The smallest absolute Gasteiger partial charge is 0.0628 e. The molecule has 0 saturated carbocycles. The number of nitrogens with one attached hydrogen (secondary N) is 1. The molecule has 2 atom stereocenters. The number of nitrogens with zero attached hydrogens (tertiary/aromatic N) is 2. The van der Waals surface area contributed by atoms with Gasteiger partial charge in [-0.1, -0.05) is 27.7 Å². The molecule has 18 heavy (non-hydrogen) atoms. The van der Waals surface area contributed by atoms with Crippen LogP contribution in [-0.4, -0.2) is 23.4 Å². The second-order valence-electron chi connectivity index (χ2n) is 6.37. The molecule has 1 rings (SSSR count). The fourth-order valence-electron chi connectivity index (χ4n) is 2.10. The van der Waals surface area contributed by atoms with E-state index in [0.29, 0.717) is 17.4 Å². The number of rotatable bonds is 6. The standard InChI is InChI=1S/C15H29N3/c1-7-12(2)18-9-8-14(17-18)10-13(11-16-6)15(3,4)5/h8-9,12-13,16H,7,10-11H2,1-6H3. The molecule has 1 aromatic heterocycles. The molecular weight excluding hydrogens is 222 g/mol. The van der Waals surface area contributed by atoms with Gasteiger partial charge in [0.25, 0.3) is 0 Å². The first kappa shape index (κ1) is 15.2. The normalized spacial score (nSPS) is 15.7. The molecule has 0 aliphatic carbocycles. The summed E-state index contributed by atoms with van der Waals surface area (Å²) in [5.41, 5.74) is 1.52. The monoisotopic (exact) mass is 251 g/mol. The maximum Gasteiger partial charge on any atom is 0.0628 e. The highest BCUT2D eigenvalue weighted by Gasteiger charge is 2.25. The zero-order chi connectivity index (χ0) is 13.8. The fraction of sp³-hybridized carbons (Fsp3) is 0.800. The molecule has 1 aromatic rings. The van der Waals surface area contributed by atoms with Gasteiger partial charge in [-0.15, -0.1) is 0 Å². The van der Waals surface area contributed by atoms with Gasteiger partial charge in [0.15, 0.2) is 0 Å². The highest BCUT2D eigenvalue weighted by atomic mass is 15.3. The first-order valence-corrected chi connectivity index (χ1v) is 7.07. The van der Waals surface area contributed by atoms with Crippen molar-refractivity contribution in [3.05, 3.63) is 18.0 Å². The van der Waals surface area contributed by atoms with Crippen LogP contribution in [0.2, 0.25) is 0 Å². The molecule has 3 heteroatoms. The van der Waals surface area contributed by atoms with Crippen LogP contribution < -0.4 is 5.32 Å². The molecule has 0 fully saturated rings. The third kappa shape index (κ3) is 4.13. The van der Waals surface area contributed by atoms with Gasteiger partial charge < -0.3 is 5.32 Å².